The molecule has 202 valence electrons. The fourth-order valence-corrected chi connectivity index (χ4v) is 4.96. The van der Waals surface area contributed by atoms with Crippen LogP contribution in [0.15, 0.2) is 99.0 Å². The summed E-state index contributed by atoms with van der Waals surface area (Å²) in [6.45, 7) is 1.89. The van der Waals surface area contributed by atoms with Gasteiger partial charge in [-0.25, -0.2) is 10.2 Å². The Morgan fingerprint density at radius 3 is 2.27 bits per heavy atom. The molecule has 0 heterocycles. The van der Waals surface area contributed by atoms with Gasteiger partial charge in [0.15, 0.2) is 5.75 Å². The lowest BCUT2D eigenvalue weighted by Gasteiger charge is -2.11. The molecule has 4 aromatic rings. The van der Waals surface area contributed by atoms with E-state index in [1.165, 1.54) is 12.3 Å². The third kappa shape index (κ3) is 7.43. The largest absolute Gasteiger partial charge is 0.497 e. The summed E-state index contributed by atoms with van der Waals surface area (Å²) >= 11 is 6.84. The normalized spacial score (nSPS) is 10.7. The zero-order chi connectivity index (χ0) is 28.6. The van der Waals surface area contributed by atoms with Crippen LogP contribution in [-0.2, 0) is 0 Å². The van der Waals surface area contributed by atoms with Crippen LogP contribution in [0.1, 0.15) is 42.2 Å². The highest BCUT2D eigenvalue weighted by molar-refractivity contribution is 9.11. The molecule has 0 aliphatic heterocycles. The van der Waals surface area contributed by atoms with Crippen molar-refractivity contribution in [3.05, 3.63) is 122 Å². The van der Waals surface area contributed by atoms with Crippen molar-refractivity contribution < 1.29 is 23.9 Å². The van der Waals surface area contributed by atoms with E-state index in [2.05, 4.69) is 47.7 Å². The minimum atomic E-state index is -0.529. The van der Waals surface area contributed by atoms with Crippen molar-refractivity contribution in [1.29, 1.82) is 0 Å². The van der Waals surface area contributed by atoms with Gasteiger partial charge in [0.1, 0.15) is 5.75 Å². The highest BCUT2D eigenvalue weighted by atomic mass is 79.9. The molecule has 0 fully saturated rings. The molecule has 0 saturated carbocycles. The monoisotopic (exact) mass is 663 g/mol. The number of rotatable bonds is 8. The number of carbonyl (C=O) groups is 3. The van der Waals surface area contributed by atoms with Gasteiger partial charge >= 0.3 is 5.97 Å². The van der Waals surface area contributed by atoms with Crippen molar-refractivity contribution in [3.8, 4) is 11.5 Å². The predicted octanol–water partition coefficient (Wildman–Crippen LogP) is 6.76. The van der Waals surface area contributed by atoms with Crippen molar-refractivity contribution in [1.82, 2.24) is 5.43 Å². The van der Waals surface area contributed by atoms with Crippen LogP contribution in [0.5, 0.6) is 11.5 Å². The maximum Gasteiger partial charge on any atom is 0.343 e. The van der Waals surface area contributed by atoms with Crippen molar-refractivity contribution in [3.63, 3.8) is 0 Å². The number of halogens is 2. The SMILES string of the molecule is COc1ccc(C(=O)Nc2cccc(C(=O)NN=Cc3cc(Br)cc(Br)c3OC(=O)c3cccc(C)c3)c2)cc1. The number of nitrogens with zero attached hydrogens (tertiary/aromatic N) is 1. The number of esters is 1. The number of hydrogen-bond acceptors (Lipinski definition) is 6. The van der Waals surface area contributed by atoms with Gasteiger partial charge < -0.3 is 14.8 Å². The molecular formula is C30H23Br2N3O5. The van der Waals surface area contributed by atoms with E-state index >= 15 is 0 Å². The highest BCUT2D eigenvalue weighted by Gasteiger charge is 2.16. The van der Waals surface area contributed by atoms with Crippen molar-refractivity contribution in [2.24, 2.45) is 5.10 Å². The smallest absolute Gasteiger partial charge is 0.343 e. The van der Waals surface area contributed by atoms with E-state index in [0.29, 0.717) is 37.1 Å². The third-order valence-electron chi connectivity index (χ3n) is 5.59. The maximum atomic E-state index is 12.8. The topological polar surface area (TPSA) is 106 Å². The summed E-state index contributed by atoms with van der Waals surface area (Å²) < 4.78 is 12.0. The van der Waals surface area contributed by atoms with Gasteiger partial charge in [0.05, 0.1) is 23.4 Å². The van der Waals surface area contributed by atoms with E-state index < -0.39 is 11.9 Å². The first-order valence-corrected chi connectivity index (χ1v) is 13.5. The summed E-state index contributed by atoms with van der Waals surface area (Å²) in [7, 11) is 1.55. The number of benzene rings is 4. The minimum Gasteiger partial charge on any atom is -0.497 e. The number of methoxy groups -OCH3 is 1. The summed E-state index contributed by atoms with van der Waals surface area (Å²) in [5.41, 5.74) is 5.42. The first-order chi connectivity index (χ1) is 19.2. The summed E-state index contributed by atoms with van der Waals surface area (Å²) in [5.74, 6) is -0.465. The fourth-order valence-electron chi connectivity index (χ4n) is 3.62. The number of nitrogens with one attached hydrogen (secondary N) is 2. The Bertz CT molecular complexity index is 1600. The summed E-state index contributed by atoms with van der Waals surface area (Å²) in [6.07, 6.45) is 1.38. The number of hydrogen-bond donors (Lipinski definition) is 2. The number of aryl methyl sites for hydroxylation is 1. The summed E-state index contributed by atoms with van der Waals surface area (Å²) in [6, 6.07) is 23.6. The van der Waals surface area contributed by atoms with Gasteiger partial charge in [0.2, 0.25) is 0 Å². The predicted molar refractivity (Wildman–Crippen MR) is 160 cm³/mol. The van der Waals surface area contributed by atoms with Gasteiger partial charge in [0, 0.05) is 26.9 Å². The second-order valence-corrected chi connectivity index (χ2v) is 10.3. The number of amides is 2. The Morgan fingerprint density at radius 2 is 1.55 bits per heavy atom. The molecule has 0 aliphatic rings. The molecule has 0 radical (unpaired) electrons. The summed E-state index contributed by atoms with van der Waals surface area (Å²) in [5, 5.41) is 6.82. The van der Waals surface area contributed by atoms with E-state index in [0.717, 1.165) is 5.56 Å². The van der Waals surface area contributed by atoms with E-state index in [9.17, 15) is 14.4 Å². The molecule has 0 saturated heterocycles. The standard InChI is InChI=1S/C30H23Br2N3O5/c1-18-5-3-7-21(13-18)30(38)40-27-22(14-23(31)16-26(27)32)17-33-35-29(37)20-6-4-8-24(15-20)34-28(36)19-9-11-25(39-2)12-10-19/h3-17H,1-2H3,(H,34,36)(H,35,37). The van der Waals surface area contributed by atoms with Crippen LogP contribution in [0.2, 0.25) is 0 Å². The molecule has 0 bridgehead atoms. The molecule has 4 aromatic carbocycles. The molecule has 10 heteroatoms. The zero-order valence-electron chi connectivity index (χ0n) is 21.4. The van der Waals surface area contributed by atoms with Crippen molar-refractivity contribution in [2.45, 2.75) is 6.92 Å². The molecule has 0 atom stereocenters. The Morgan fingerprint density at radius 1 is 0.825 bits per heavy atom. The van der Waals surface area contributed by atoms with Gasteiger partial charge in [-0.2, -0.15) is 5.10 Å². The molecule has 8 nitrogen and oxygen atoms in total. The first-order valence-electron chi connectivity index (χ1n) is 11.9. The Kier molecular flexibility index (Phi) is 9.47. The van der Waals surface area contributed by atoms with Gasteiger partial charge in [-0.3, -0.25) is 9.59 Å². The summed E-state index contributed by atoms with van der Waals surface area (Å²) in [4.78, 5) is 38.1. The zero-order valence-corrected chi connectivity index (χ0v) is 24.6. The highest BCUT2D eigenvalue weighted by Crippen LogP contribution is 2.32. The molecule has 0 spiro atoms. The molecule has 4 rings (SSSR count). The molecule has 0 aromatic heterocycles. The lowest BCUT2D eigenvalue weighted by molar-refractivity contribution is 0.0732. The molecule has 0 aliphatic carbocycles. The van der Waals surface area contributed by atoms with Gasteiger partial charge in [-0.1, -0.05) is 39.7 Å². The van der Waals surface area contributed by atoms with E-state index in [1.807, 2.05) is 13.0 Å². The molecule has 0 unspecified atom stereocenters. The minimum absolute atomic E-state index is 0.246. The lowest BCUT2D eigenvalue weighted by atomic mass is 10.1. The van der Waals surface area contributed by atoms with Crippen LogP contribution in [0.4, 0.5) is 5.69 Å². The number of ether oxygens (including phenoxy) is 2. The van der Waals surface area contributed by atoms with Gasteiger partial charge in [0.25, 0.3) is 11.8 Å². The van der Waals surface area contributed by atoms with Crippen molar-refractivity contribution in [2.75, 3.05) is 12.4 Å². The van der Waals surface area contributed by atoms with E-state index in [-0.39, 0.29) is 17.2 Å². The van der Waals surface area contributed by atoms with Crippen LogP contribution >= 0.6 is 31.9 Å². The maximum absolute atomic E-state index is 12.8. The Balaban J connectivity index is 1.45. The third-order valence-corrected chi connectivity index (χ3v) is 6.64. The average Bonchev–Trinajstić information content (AvgIpc) is 2.94. The quantitative estimate of drug-likeness (QED) is 0.0937. The van der Waals surface area contributed by atoms with Gasteiger partial charge in [-0.15, -0.1) is 0 Å². The second-order valence-electron chi connectivity index (χ2n) is 8.53. The molecular weight excluding hydrogens is 642 g/mol. The number of anilines is 1. The lowest BCUT2D eigenvalue weighted by Crippen LogP contribution is -2.18. The Hall–Kier alpha value is -4.28. The van der Waals surface area contributed by atoms with Crippen molar-refractivity contribution >= 4 is 61.5 Å². The van der Waals surface area contributed by atoms with Gasteiger partial charge in [-0.05, 0) is 89.6 Å². The van der Waals surface area contributed by atoms with Crippen LogP contribution in [0.3, 0.4) is 0 Å². The van der Waals surface area contributed by atoms with Crippen LogP contribution < -0.4 is 20.2 Å². The number of carbonyl (C=O) groups excluding carboxylic acids is 3. The second kappa shape index (κ2) is 13.2. The van der Waals surface area contributed by atoms with Crippen LogP contribution in [-0.4, -0.2) is 31.1 Å². The fraction of sp³-hybridized carbons (Fsp3) is 0.0667. The Labute approximate surface area is 247 Å². The molecule has 2 amide bonds. The average molecular weight is 665 g/mol. The number of hydrazone groups is 1. The molecule has 2 N–H and O–H groups in total. The van der Waals surface area contributed by atoms with E-state index in [4.69, 9.17) is 9.47 Å². The van der Waals surface area contributed by atoms with Crippen LogP contribution in [0.25, 0.3) is 0 Å². The van der Waals surface area contributed by atoms with Crippen LogP contribution in [0, 0.1) is 6.92 Å². The van der Waals surface area contributed by atoms with E-state index in [1.54, 1.807) is 79.9 Å². The first kappa shape index (κ1) is 28.7. The molecule has 40 heavy (non-hydrogen) atoms.